The molecule has 4 nitrogen and oxygen atoms in total. The van der Waals surface area contributed by atoms with E-state index in [1.54, 1.807) is 18.0 Å². The first-order valence-electron chi connectivity index (χ1n) is 9.02. The third-order valence-corrected chi connectivity index (χ3v) is 5.15. The number of H-pyrrole nitrogens is 1. The summed E-state index contributed by atoms with van der Waals surface area (Å²) in [5.74, 6) is 0.830. The van der Waals surface area contributed by atoms with Crippen LogP contribution in [-0.4, -0.2) is 16.2 Å². The van der Waals surface area contributed by atoms with Crippen molar-refractivity contribution in [2.45, 2.75) is 16.8 Å². The molecule has 0 bridgehead atoms. The molecule has 0 spiro atoms. The third kappa shape index (κ3) is 4.50. The molecule has 2 N–H and O–H groups in total. The van der Waals surface area contributed by atoms with Crippen molar-refractivity contribution in [2.75, 3.05) is 5.43 Å². The van der Waals surface area contributed by atoms with Crippen molar-refractivity contribution in [3.63, 3.8) is 0 Å². The van der Waals surface area contributed by atoms with Gasteiger partial charge in [0.1, 0.15) is 10.9 Å². The Hall–Kier alpha value is -3.31. The van der Waals surface area contributed by atoms with Gasteiger partial charge in [0.15, 0.2) is 0 Å². The SMILES string of the molecule is Cc1ccc(Sc2nc(-c3ccccc3)[nH]c2/C=N/Nc2ccccc2)cc1. The molecular formula is C23H20N4S. The van der Waals surface area contributed by atoms with E-state index < -0.39 is 0 Å². The van der Waals surface area contributed by atoms with Gasteiger partial charge in [-0.3, -0.25) is 5.43 Å². The van der Waals surface area contributed by atoms with Crippen LogP contribution in [-0.2, 0) is 0 Å². The van der Waals surface area contributed by atoms with Crippen LogP contribution >= 0.6 is 11.8 Å². The van der Waals surface area contributed by atoms with E-state index in [9.17, 15) is 0 Å². The average Bonchev–Trinajstić information content (AvgIpc) is 3.14. The monoisotopic (exact) mass is 384 g/mol. The van der Waals surface area contributed by atoms with E-state index in [1.807, 2.05) is 60.7 Å². The molecule has 4 aromatic rings. The van der Waals surface area contributed by atoms with Crippen LogP contribution < -0.4 is 5.43 Å². The zero-order valence-electron chi connectivity index (χ0n) is 15.5. The van der Waals surface area contributed by atoms with Crippen molar-refractivity contribution in [2.24, 2.45) is 5.10 Å². The number of hydrogen-bond acceptors (Lipinski definition) is 4. The van der Waals surface area contributed by atoms with Crippen LogP contribution in [0.5, 0.6) is 0 Å². The van der Waals surface area contributed by atoms with Crippen molar-refractivity contribution in [3.05, 3.63) is 96.2 Å². The summed E-state index contributed by atoms with van der Waals surface area (Å²) in [5, 5.41) is 5.27. The standard InChI is InChI=1S/C23H20N4S/c1-17-12-14-20(15-13-17)28-23-21(16-24-27-19-10-6-3-7-11-19)25-22(26-23)18-8-4-2-5-9-18/h2-16,27H,1H3,(H,25,26)/b24-16+. The summed E-state index contributed by atoms with van der Waals surface area (Å²) in [6.07, 6.45) is 1.78. The van der Waals surface area contributed by atoms with Crippen molar-refractivity contribution in [1.82, 2.24) is 9.97 Å². The summed E-state index contributed by atoms with van der Waals surface area (Å²) in [7, 11) is 0. The van der Waals surface area contributed by atoms with Crippen molar-refractivity contribution in [1.29, 1.82) is 0 Å². The van der Waals surface area contributed by atoms with Crippen LogP contribution in [0.1, 0.15) is 11.3 Å². The number of aryl methyl sites for hydroxylation is 1. The molecular weight excluding hydrogens is 364 g/mol. The Balaban J connectivity index is 1.62. The molecule has 0 aliphatic heterocycles. The molecule has 0 saturated heterocycles. The molecule has 0 aliphatic rings. The number of aromatic amines is 1. The average molecular weight is 385 g/mol. The Kier molecular flexibility index (Phi) is 5.54. The number of benzene rings is 3. The fourth-order valence-corrected chi connectivity index (χ4v) is 3.52. The molecule has 0 amide bonds. The minimum atomic E-state index is 0.830. The van der Waals surface area contributed by atoms with E-state index in [4.69, 9.17) is 4.98 Å². The molecule has 5 heteroatoms. The van der Waals surface area contributed by atoms with E-state index in [2.05, 4.69) is 46.7 Å². The molecule has 0 saturated carbocycles. The maximum Gasteiger partial charge on any atom is 0.139 e. The Bertz CT molecular complexity index is 1050. The van der Waals surface area contributed by atoms with Gasteiger partial charge in [-0.25, -0.2) is 4.98 Å². The smallest absolute Gasteiger partial charge is 0.139 e. The topological polar surface area (TPSA) is 53.1 Å². The Morgan fingerprint density at radius 2 is 1.57 bits per heavy atom. The summed E-state index contributed by atoms with van der Waals surface area (Å²) in [6.45, 7) is 2.09. The zero-order chi connectivity index (χ0) is 19.2. The van der Waals surface area contributed by atoms with E-state index in [1.165, 1.54) is 5.56 Å². The van der Waals surface area contributed by atoms with Gasteiger partial charge < -0.3 is 4.98 Å². The summed E-state index contributed by atoms with van der Waals surface area (Å²) in [5.41, 5.74) is 7.15. The van der Waals surface area contributed by atoms with Crippen LogP contribution in [0.15, 0.2) is 100.0 Å². The largest absolute Gasteiger partial charge is 0.336 e. The van der Waals surface area contributed by atoms with Gasteiger partial charge in [0.25, 0.3) is 0 Å². The highest BCUT2D eigenvalue weighted by atomic mass is 32.2. The minimum absolute atomic E-state index is 0.830. The molecule has 138 valence electrons. The number of nitrogens with zero attached hydrogens (tertiary/aromatic N) is 2. The van der Waals surface area contributed by atoms with Gasteiger partial charge in [-0.05, 0) is 31.2 Å². The fourth-order valence-electron chi connectivity index (χ4n) is 2.67. The number of hydrogen-bond donors (Lipinski definition) is 2. The lowest BCUT2D eigenvalue weighted by molar-refractivity contribution is 1.19. The van der Waals surface area contributed by atoms with Gasteiger partial charge in [-0.1, -0.05) is 78.0 Å². The maximum atomic E-state index is 4.81. The highest BCUT2D eigenvalue weighted by Gasteiger charge is 2.12. The molecule has 0 atom stereocenters. The Morgan fingerprint density at radius 1 is 0.893 bits per heavy atom. The lowest BCUT2D eigenvalue weighted by atomic mass is 10.2. The molecule has 28 heavy (non-hydrogen) atoms. The summed E-state index contributed by atoms with van der Waals surface area (Å²) in [4.78, 5) is 9.35. The van der Waals surface area contributed by atoms with Gasteiger partial charge in [-0.15, -0.1) is 0 Å². The first-order valence-corrected chi connectivity index (χ1v) is 9.84. The van der Waals surface area contributed by atoms with Gasteiger partial charge in [0.2, 0.25) is 0 Å². The summed E-state index contributed by atoms with van der Waals surface area (Å²) >= 11 is 1.62. The van der Waals surface area contributed by atoms with E-state index in [0.29, 0.717) is 0 Å². The Labute approximate surface area is 168 Å². The number of anilines is 1. The van der Waals surface area contributed by atoms with Gasteiger partial charge in [0.05, 0.1) is 17.6 Å². The zero-order valence-corrected chi connectivity index (χ0v) is 16.3. The molecule has 1 heterocycles. The molecule has 4 rings (SSSR count). The van der Waals surface area contributed by atoms with Crippen LogP contribution in [0, 0.1) is 6.92 Å². The number of nitrogens with one attached hydrogen (secondary N) is 2. The Morgan fingerprint density at radius 3 is 2.29 bits per heavy atom. The molecule has 0 unspecified atom stereocenters. The predicted octanol–water partition coefficient (Wildman–Crippen LogP) is 5.98. The molecule has 0 aliphatic carbocycles. The fraction of sp³-hybridized carbons (Fsp3) is 0.0435. The normalized spacial score (nSPS) is 11.0. The number of imidazole rings is 1. The van der Waals surface area contributed by atoms with Gasteiger partial charge in [-0.2, -0.15) is 5.10 Å². The molecule has 0 radical (unpaired) electrons. The maximum absolute atomic E-state index is 4.81. The highest BCUT2D eigenvalue weighted by Crippen LogP contribution is 2.30. The van der Waals surface area contributed by atoms with E-state index in [0.717, 1.165) is 32.7 Å². The minimum Gasteiger partial charge on any atom is -0.336 e. The number of para-hydroxylation sites is 1. The van der Waals surface area contributed by atoms with Crippen LogP contribution in [0.2, 0.25) is 0 Å². The van der Waals surface area contributed by atoms with E-state index in [-0.39, 0.29) is 0 Å². The van der Waals surface area contributed by atoms with Crippen LogP contribution in [0.25, 0.3) is 11.4 Å². The van der Waals surface area contributed by atoms with Crippen LogP contribution in [0.4, 0.5) is 5.69 Å². The first kappa shape index (κ1) is 18.1. The summed E-state index contributed by atoms with van der Waals surface area (Å²) in [6, 6.07) is 28.4. The highest BCUT2D eigenvalue weighted by molar-refractivity contribution is 7.99. The van der Waals surface area contributed by atoms with Crippen LogP contribution in [0.3, 0.4) is 0 Å². The summed E-state index contributed by atoms with van der Waals surface area (Å²) < 4.78 is 0. The number of aromatic nitrogens is 2. The molecule has 1 aromatic heterocycles. The van der Waals surface area contributed by atoms with Crippen molar-refractivity contribution in [3.8, 4) is 11.4 Å². The third-order valence-electron chi connectivity index (χ3n) is 4.14. The second-order valence-electron chi connectivity index (χ2n) is 6.32. The second kappa shape index (κ2) is 8.59. The predicted molar refractivity (Wildman–Crippen MR) is 117 cm³/mol. The number of hydrazone groups is 1. The second-order valence-corrected chi connectivity index (χ2v) is 7.38. The number of rotatable bonds is 6. The van der Waals surface area contributed by atoms with Crippen molar-refractivity contribution >= 4 is 23.7 Å². The lowest BCUT2D eigenvalue weighted by Gasteiger charge is -2.01. The lowest BCUT2D eigenvalue weighted by Crippen LogP contribution is -1.92. The van der Waals surface area contributed by atoms with Gasteiger partial charge >= 0.3 is 0 Å². The first-order chi connectivity index (χ1) is 13.8. The van der Waals surface area contributed by atoms with E-state index >= 15 is 0 Å². The quantitative estimate of drug-likeness (QED) is 0.317. The van der Waals surface area contributed by atoms with Gasteiger partial charge in [0, 0.05) is 10.5 Å². The van der Waals surface area contributed by atoms with Crippen molar-refractivity contribution < 1.29 is 0 Å². The molecule has 0 fully saturated rings. The molecule has 3 aromatic carbocycles.